The van der Waals surface area contributed by atoms with Crippen LogP contribution >= 0.6 is 11.3 Å². The van der Waals surface area contributed by atoms with E-state index in [4.69, 9.17) is 0 Å². The van der Waals surface area contributed by atoms with Crippen molar-refractivity contribution in [1.82, 2.24) is 20.3 Å². The Balaban J connectivity index is 1.90. The number of H-pyrrole nitrogens is 1. The van der Waals surface area contributed by atoms with Crippen LogP contribution in [0.4, 0.5) is 0 Å². The zero-order chi connectivity index (χ0) is 11.4. The molecule has 84 valence electrons. The normalized spacial score (nSPS) is 10.3. The number of hydrogen-bond donors (Lipinski definition) is 2. The van der Waals surface area contributed by atoms with Gasteiger partial charge in [-0.25, -0.2) is 9.97 Å². The number of nitrogens with one attached hydrogen (secondary N) is 2. The smallest absolute Gasteiger partial charge is 0.287 e. The Morgan fingerprint density at radius 1 is 1.62 bits per heavy atom. The van der Waals surface area contributed by atoms with E-state index >= 15 is 0 Å². The molecule has 0 unspecified atom stereocenters. The van der Waals surface area contributed by atoms with Crippen molar-refractivity contribution in [3.8, 4) is 0 Å². The van der Waals surface area contributed by atoms with Gasteiger partial charge in [-0.1, -0.05) is 6.92 Å². The lowest BCUT2D eigenvalue weighted by Gasteiger charge is -1.99. The van der Waals surface area contributed by atoms with Gasteiger partial charge in [-0.05, 0) is 6.42 Å². The summed E-state index contributed by atoms with van der Waals surface area (Å²) < 4.78 is 0. The average Bonchev–Trinajstić information content (AvgIpc) is 2.96. The summed E-state index contributed by atoms with van der Waals surface area (Å²) >= 11 is 1.56. The molecule has 0 aliphatic carbocycles. The van der Waals surface area contributed by atoms with E-state index in [1.54, 1.807) is 23.7 Å². The number of amides is 1. The van der Waals surface area contributed by atoms with Crippen LogP contribution in [0.15, 0.2) is 17.8 Å². The quantitative estimate of drug-likeness (QED) is 0.842. The highest BCUT2D eigenvalue weighted by Crippen LogP contribution is 2.09. The minimum atomic E-state index is -0.210. The summed E-state index contributed by atoms with van der Waals surface area (Å²) in [7, 11) is 0. The minimum absolute atomic E-state index is 0.210. The number of nitrogens with zero attached hydrogens (tertiary/aromatic N) is 2. The number of aromatic nitrogens is 3. The summed E-state index contributed by atoms with van der Waals surface area (Å²) in [4.78, 5) is 22.5. The maximum atomic E-state index is 11.5. The van der Waals surface area contributed by atoms with E-state index in [9.17, 15) is 4.79 Å². The minimum Gasteiger partial charge on any atom is -0.343 e. The Hall–Kier alpha value is -1.69. The van der Waals surface area contributed by atoms with Gasteiger partial charge in [0, 0.05) is 17.8 Å². The van der Waals surface area contributed by atoms with Crippen molar-refractivity contribution in [3.05, 3.63) is 34.3 Å². The highest BCUT2D eigenvalue weighted by Gasteiger charge is 2.08. The lowest BCUT2D eigenvalue weighted by molar-refractivity contribution is 0.0941. The first kappa shape index (κ1) is 10.8. The van der Waals surface area contributed by atoms with Crippen LogP contribution in [0.1, 0.15) is 28.2 Å². The second kappa shape index (κ2) is 4.89. The molecule has 0 radical (unpaired) electrons. The standard InChI is InChI=1S/C10H12N4OS/c1-2-7-6-16-8(14-7)5-13-10(15)9-11-3-4-12-9/h3-4,6H,2,5H2,1H3,(H,11,12)(H,13,15). The summed E-state index contributed by atoms with van der Waals surface area (Å²) in [5.74, 6) is 0.116. The second-order valence-electron chi connectivity index (χ2n) is 3.21. The van der Waals surface area contributed by atoms with Crippen molar-refractivity contribution in [1.29, 1.82) is 0 Å². The third-order valence-corrected chi connectivity index (χ3v) is 2.97. The molecule has 0 bridgehead atoms. The van der Waals surface area contributed by atoms with Gasteiger partial charge >= 0.3 is 0 Å². The zero-order valence-corrected chi connectivity index (χ0v) is 9.67. The number of thiazole rings is 1. The van der Waals surface area contributed by atoms with Crippen LogP contribution in [0.2, 0.25) is 0 Å². The van der Waals surface area contributed by atoms with E-state index in [-0.39, 0.29) is 5.91 Å². The molecule has 0 aliphatic heterocycles. The third-order valence-electron chi connectivity index (χ3n) is 2.08. The Labute approximate surface area is 96.9 Å². The molecule has 2 rings (SSSR count). The van der Waals surface area contributed by atoms with E-state index < -0.39 is 0 Å². The van der Waals surface area contributed by atoms with Crippen molar-refractivity contribution < 1.29 is 4.79 Å². The fraction of sp³-hybridized carbons (Fsp3) is 0.300. The maximum Gasteiger partial charge on any atom is 0.287 e. The highest BCUT2D eigenvalue weighted by molar-refractivity contribution is 7.09. The Morgan fingerprint density at radius 2 is 2.50 bits per heavy atom. The van der Waals surface area contributed by atoms with Gasteiger partial charge < -0.3 is 10.3 Å². The SMILES string of the molecule is CCc1csc(CNC(=O)c2ncc[nH]2)n1. The predicted molar refractivity (Wildman–Crippen MR) is 61.2 cm³/mol. The molecule has 2 aromatic heterocycles. The summed E-state index contributed by atoms with van der Waals surface area (Å²) in [6, 6.07) is 0. The summed E-state index contributed by atoms with van der Waals surface area (Å²) in [6.45, 7) is 2.50. The molecular weight excluding hydrogens is 224 g/mol. The number of imidazole rings is 1. The van der Waals surface area contributed by atoms with Gasteiger partial charge in [0.25, 0.3) is 5.91 Å². The maximum absolute atomic E-state index is 11.5. The van der Waals surface area contributed by atoms with Crippen LogP contribution in [0.3, 0.4) is 0 Å². The molecule has 0 aliphatic rings. The monoisotopic (exact) mass is 236 g/mol. The van der Waals surface area contributed by atoms with Crippen LogP contribution in [0.25, 0.3) is 0 Å². The third kappa shape index (κ3) is 2.46. The van der Waals surface area contributed by atoms with Crippen molar-refractivity contribution in [2.75, 3.05) is 0 Å². The molecule has 6 heteroatoms. The topological polar surface area (TPSA) is 70.7 Å². The second-order valence-corrected chi connectivity index (χ2v) is 4.15. The van der Waals surface area contributed by atoms with Crippen LogP contribution in [-0.4, -0.2) is 20.9 Å². The van der Waals surface area contributed by atoms with Gasteiger partial charge in [0.15, 0.2) is 5.82 Å². The largest absolute Gasteiger partial charge is 0.343 e. The van der Waals surface area contributed by atoms with Gasteiger partial charge in [-0.3, -0.25) is 4.79 Å². The Kier molecular flexibility index (Phi) is 3.31. The molecule has 5 nitrogen and oxygen atoms in total. The van der Waals surface area contributed by atoms with Crippen LogP contribution in [-0.2, 0) is 13.0 Å². The summed E-state index contributed by atoms with van der Waals surface area (Å²) in [6.07, 6.45) is 4.09. The first-order valence-corrected chi connectivity index (χ1v) is 5.88. The first-order valence-electron chi connectivity index (χ1n) is 5.00. The molecule has 0 spiro atoms. The first-order chi connectivity index (χ1) is 7.79. The molecule has 0 fully saturated rings. The van der Waals surface area contributed by atoms with Crippen molar-refractivity contribution >= 4 is 17.2 Å². The average molecular weight is 236 g/mol. The Bertz CT molecular complexity index is 463. The fourth-order valence-corrected chi connectivity index (χ4v) is 2.04. The number of carbonyl (C=O) groups is 1. The van der Waals surface area contributed by atoms with Crippen LogP contribution in [0.5, 0.6) is 0 Å². The molecule has 16 heavy (non-hydrogen) atoms. The van der Waals surface area contributed by atoms with Gasteiger partial charge in [0.05, 0.1) is 12.2 Å². The molecule has 2 N–H and O–H groups in total. The number of aromatic amines is 1. The molecule has 2 heterocycles. The van der Waals surface area contributed by atoms with Crippen LogP contribution in [0, 0.1) is 0 Å². The van der Waals surface area contributed by atoms with E-state index in [1.165, 1.54) is 0 Å². The number of hydrogen-bond acceptors (Lipinski definition) is 4. The summed E-state index contributed by atoms with van der Waals surface area (Å²) in [5, 5.41) is 5.68. The molecule has 0 saturated heterocycles. The molecule has 2 aromatic rings. The van der Waals surface area contributed by atoms with E-state index in [0.717, 1.165) is 17.1 Å². The van der Waals surface area contributed by atoms with Crippen molar-refractivity contribution in [2.45, 2.75) is 19.9 Å². The molecule has 1 amide bonds. The van der Waals surface area contributed by atoms with E-state index in [0.29, 0.717) is 12.4 Å². The number of rotatable bonds is 4. The molecule has 0 aromatic carbocycles. The van der Waals surface area contributed by atoms with Crippen molar-refractivity contribution in [2.24, 2.45) is 0 Å². The van der Waals surface area contributed by atoms with Gasteiger partial charge in [-0.15, -0.1) is 11.3 Å². The zero-order valence-electron chi connectivity index (χ0n) is 8.86. The van der Waals surface area contributed by atoms with Gasteiger partial charge in [-0.2, -0.15) is 0 Å². The molecule has 0 atom stereocenters. The van der Waals surface area contributed by atoms with Gasteiger partial charge in [0.1, 0.15) is 5.01 Å². The Morgan fingerprint density at radius 3 is 3.12 bits per heavy atom. The van der Waals surface area contributed by atoms with E-state index in [1.807, 2.05) is 5.38 Å². The number of aryl methyl sites for hydroxylation is 1. The summed E-state index contributed by atoms with van der Waals surface area (Å²) in [5.41, 5.74) is 1.06. The van der Waals surface area contributed by atoms with Gasteiger partial charge in [0.2, 0.25) is 0 Å². The number of carbonyl (C=O) groups excluding carboxylic acids is 1. The molecule has 0 saturated carbocycles. The molecular formula is C10H12N4OS. The van der Waals surface area contributed by atoms with Crippen molar-refractivity contribution in [3.63, 3.8) is 0 Å². The highest BCUT2D eigenvalue weighted by atomic mass is 32.1. The van der Waals surface area contributed by atoms with Crippen LogP contribution < -0.4 is 5.32 Å². The lowest BCUT2D eigenvalue weighted by atomic mass is 10.4. The fourth-order valence-electron chi connectivity index (χ4n) is 1.22. The predicted octanol–water partition coefficient (Wildman–Crippen LogP) is 1.36. The van der Waals surface area contributed by atoms with E-state index in [2.05, 4.69) is 27.2 Å². The lowest BCUT2D eigenvalue weighted by Crippen LogP contribution is -2.23.